The van der Waals surface area contributed by atoms with Crippen LogP contribution in [0.1, 0.15) is 11.5 Å². The number of para-hydroxylation sites is 1. The van der Waals surface area contributed by atoms with Crippen LogP contribution in [0.5, 0.6) is 5.75 Å². The van der Waals surface area contributed by atoms with E-state index < -0.39 is 0 Å². The Hall–Kier alpha value is -2.27. The molecule has 0 N–H and O–H groups in total. The number of nitrogens with zero attached hydrogens (tertiary/aromatic N) is 2. The van der Waals surface area contributed by atoms with Gasteiger partial charge in [0.1, 0.15) is 5.75 Å². The maximum absolute atomic E-state index is 5.69. The van der Waals surface area contributed by atoms with E-state index in [0.29, 0.717) is 24.1 Å². The van der Waals surface area contributed by atoms with Crippen molar-refractivity contribution in [3.05, 3.63) is 66.1 Å². The number of thioether (sulfide) groups is 1. The lowest BCUT2D eigenvalue weighted by Gasteiger charge is -2.04. The first-order valence-electron chi connectivity index (χ1n) is 7.46. The smallest absolute Gasteiger partial charge is 0.247 e. The van der Waals surface area contributed by atoms with Crippen LogP contribution in [-0.4, -0.2) is 22.6 Å². The van der Waals surface area contributed by atoms with Gasteiger partial charge in [-0.25, -0.2) is 0 Å². The number of aromatic nitrogens is 2. The SMILES string of the molecule is Cc1ccc(-c2nnc(CSCCOc3ccccc3)o2)cc1. The van der Waals surface area contributed by atoms with Crippen LogP contribution in [0, 0.1) is 6.92 Å². The van der Waals surface area contributed by atoms with E-state index in [-0.39, 0.29) is 0 Å². The molecule has 3 aromatic rings. The Balaban J connectivity index is 1.43. The molecular weight excluding hydrogens is 308 g/mol. The Morgan fingerprint density at radius 3 is 2.57 bits per heavy atom. The van der Waals surface area contributed by atoms with Gasteiger partial charge in [0.15, 0.2) is 0 Å². The molecule has 0 aliphatic rings. The van der Waals surface area contributed by atoms with Gasteiger partial charge in [0, 0.05) is 11.3 Å². The van der Waals surface area contributed by atoms with Crippen molar-refractivity contribution in [3.8, 4) is 17.2 Å². The summed E-state index contributed by atoms with van der Waals surface area (Å²) in [6.45, 7) is 2.71. The van der Waals surface area contributed by atoms with Gasteiger partial charge in [-0.3, -0.25) is 0 Å². The molecule has 1 heterocycles. The van der Waals surface area contributed by atoms with E-state index in [1.165, 1.54) is 5.56 Å². The van der Waals surface area contributed by atoms with Gasteiger partial charge in [0.2, 0.25) is 11.8 Å². The summed E-state index contributed by atoms with van der Waals surface area (Å²) >= 11 is 1.72. The average molecular weight is 326 g/mol. The fraction of sp³-hybridized carbons (Fsp3) is 0.222. The van der Waals surface area contributed by atoms with Crippen molar-refractivity contribution in [1.82, 2.24) is 10.2 Å². The van der Waals surface area contributed by atoms with Gasteiger partial charge in [-0.05, 0) is 31.2 Å². The molecule has 4 nitrogen and oxygen atoms in total. The Kier molecular flexibility index (Phi) is 5.32. The van der Waals surface area contributed by atoms with Gasteiger partial charge < -0.3 is 9.15 Å². The molecular formula is C18H18N2O2S. The predicted molar refractivity (Wildman–Crippen MR) is 92.6 cm³/mol. The van der Waals surface area contributed by atoms with E-state index in [2.05, 4.69) is 17.1 Å². The summed E-state index contributed by atoms with van der Waals surface area (Å²) in [6, 6.07) is 17.9. The molecule has 3 rings (SSSR count). The molecule has 0 unspecified atom stereocenters. The second-order valence-corrected chi connectivity index (χ2v) is 6.19. The molecule has 0 atom stereocenters. The lowest BCUT2D eigenvalue weighted by atomic mass is 10.1. The summed E-state index contributed by atoms with van der Waals surface area (Å²) < 4.78 is 11.3. The van der Waals surface area contributed by atoms with Crippen LogP contribution in [0.25, 0.3) is 11.5 Å². The number of benzene rings is 2. The van der Waals surface area contributed by atoms with E-state index in [1.54, 1.807) is 11.8 Å². The lowest BCUT2D eigenvalue weighted by molar-refractivity contribution is 0.344. The van der Waals surface area contributed by atoms with Gasteiger partial charge in [-0.1, -0.05) is 35.9 Å². The van der Waals surface area contributed by atoms with Crippen molar-refractivity contribution in [1.29, 1.82) is 0 Å². The number of hydrogen-bond donors (Lipinski definition) is 0. The van der Waals surface area contributed by atoms with Gasteiger partial charge in [-0.15, -0.1) is 22.0 Å². The third-order valence-electron chi connectivity index (χ3n) is 3.23. The molecule has 2 aromatic carbocycles. The molecule has 0 spiro atoms. The first-order valence-corrected chi connectivity index (χ1v) is 8.62. The van der Waals surface area contributed by atoms with Gasteiger partial charge in [0.25, 0.3) is 0 Å². The van der Waals surface area contributed by atoms with E-state index in [0.717, 1.165) is 17.1 Å². The van der Waals surface area contributed by atoms with Crippen molar-refractivity contribution >= 4 is 11.8 Å². The third kappa shape index (κ3) is 4.60. The monoisotopic (exact) mass is 326 g/mol. The summed E-state index contributed by atoms with van der Waals surface area (Å²) in [5.41, 5.74) is 2.16. The van der Waals surface area contributed by atoms with Crippen LogP contribution < -0.4 is 4.74 Å². The standard InChI is InChI=1S/C18H18N2O2S/c1-14-7-9-15(10-8-14)18-20-19-17(22-18)13-23-12-11-21-16-5-3-2-4-6-16/h2-10H,11-13H2,1H3. The average Bonchev–Trinajstić information content (AvgIpc) is 3.05. The summed E-state index contributed by atoms with van der Waals surface area (Å²) in [5.74, 6) is 3.67. The van der Waals surface area contributed by atoms with Crippen LogP contribution >= 0.6 is 11.8 Å². The third-order valence-corrected chi connectivity index (χ3v) is 4.14. The van der Waals surface area contributed by atoms with Crippen molar-refractivity contribution in [2.75, 3.05) is 12.4 Å². The molecule has 118 valence electrons. The fourth-order valence-corrected chi connectivity index (χ4v) is 2.66. The van der Waals surface area contributed by atoms with Crippen LogP contribution in [-0.2, 0) is 5.75 Å². The van der Waals surface area contributed by atoms with Crippen LogP contribution in [0.4, 0.5) is 0 Å². The minimum atomic E-state index is 0.570. The first kappa shape index (κ1) is 15.6. The molecule has 0 saturated carbocycles. The van der Waals surface area contributed by atoms with E-state index >= 15 is 0 Å². The van der Waals surface area contributed by atoms with E-state index in [1.807, 2.05) is 54.6 Å². The number of hydrogen-bond acceptors (Lipinski definition) is 5. The van der Waals surface area contributed by atoms with Crippen LogP contribution in [0.3, 0.4) is 0 Å². The van der Waals surface area contributed by atoms with Crippen molar-refractivity contribution < 1.29 is 9.15 Å². The summed E-state index contributed by atoms with van der Waals surface area (Å²) in [5, 5.41) is 8.19. The Morgan fingerprint density at radius 2 is 1.78 bits per heavy atom. The molecule has 23 heavy (non-hydrogen) atoms. The molecule has 0 aliphatic heterocycles. The first-order chi connectivity index (χ1) is 11.3. The maximum atomic E-state index is 5.69. The molecule has 0 fully saturated rings. The highest BCUT2D eigenvalue weighted by atomic mass is 32.2. The van der Waals surface area contributed by atoms with Crippen LogP contribution in [0.2, 0.25) is 0 Å². The summed E-state index contributed by atoms with van der Waals surface area (Å²) in [7, 11) is 0. The second kappa shape index (κ2) is 7.83. The fourth-order valence-electron chi connectivity index (χ4n) is 2.02. The minimum Gasteiger partial charge on any atom is -0.493 e. The summed E-state index contributed by atoms with van der Waals surface area (Å²) in [4.78, 5) is 0. The summed E-state index contributed by atoms with van der Waals surface area (Å²) in [6.07, 6.45) is 0. The van der Waals surface area contributed by atoms with E-state index in [9.17, 15) is 0 Å². The number of ether oxygens (including phenoxy) is 1. The molecule has 5 heteroatoms. The predicted octanol–water partition coefficient (Wildman–Crippen LogP) is 4.36. The highest BCUT2D eigenvalue weighted by Crippen LogP contribution is 2.20. The molecule has 0 amide bonds. The molecule has 1 aromatic heterocycles. The Bertz CT molecular complexity index is 726. The largest absolute Gasteiger partial charge is 0.493 e. The van der Waals surface area contributed by atoms with Crippen molar-refractivity contribution in [3.63, 3.8) is 0 Å². The molecule has 0 bridgehead atoms. The molecule has 0 aliphatic carbocycles. The van der Waals surface area contributed by atoms with E-state index in [4.69, 9.17) is 9.15 Å². The van der Waals surface area contributed by atoms with Crippen molar-refractivity contribution in [2.24, 2.45) is 0 Å². The molecule has 0 saturated heterocycles. The number of rotatable bonds is 7. The Labute approximate surface area is 139 Å². The quantitative estimate of drug-likeness (QED) is 0.604. The van der Waals surface area contributed by atoms with Gasteiger partial charge in [0.05, 0.1) is 12.4 Å². The zero-order chi connectivity index (χ0) is 15.9. The Morgan fingerprint density at radius 1 is 1.00 bits per heavy atom. The topological polar surface area (TPSA) is 48.2 Å². The molecule has 0 radical (unpaired) electrons. The second-order valence-electron chi connectivity index (χ2n) is 5.08. The zero-order valence-electron chi connectivity index (χ0n) is 12.9. The van der Waals surface area contributed by atoms with Crippen LogP contribution in [0.15, 0.2) is 59.0 Å². The highest BCUT2D eigenvalue weighted by molar-refractivity contribution is 7.98. The minimum absolute atomic E-state index is 0.570. The van der Waals surface area contributed by atoms with Gasteiger partial charge in [-0.2, -0.15) is 0 Å². The number of aryl methyl sites for hydroxylation is 1. The highest BCUT2D eigenvalue weighted by Gasteiger charge is 2.08. The normalized spacial score (nSPS) is 10.7. The van der Waals surface area contributed by atoms with Crippen molar-refractivity contribution in [2.45, 2.75) is 12.7 Å². The maximum Gasteiger partial charge on any atom is 0.247 e. The zero-order valence-corrected chi connectivity index (χ0v) is 13.8. The van der Waals surface area contributed by atoms with Gasteiger partial charge >= 0.3 is 0 Å². The lowest BCUT2D eigenvalue weighted by Crippen LogP contribution is -2.00.